The van der Waals surface area contributed by atoms with Crippen molar-refractivity contribution in [3.8, 4) is 0 Å². The van der Waals surface area contributed by atoms with Crippen LogP contribution in [0.2, 0.25) is 0 Å². The molecular formula is C9H9F4N3. The molecule has 0 bridgehead atoms. The third kappa shape index (κ3) is 1.70. The summed E-state index contributed by atoms with van der Waals surface area (Å²) in [6.45, 7) is 1.37. The molecule has 0 unspecified atom stereocenters. The first-order valence-corrected chi connectivity index (χ1v) is 4.68. The molecular weight excluding hydrogens is 226 g/mol. The van der Waals surface area contributed by atoms with E-state index in [1.807, 2.05) is 0 Å². The molecule has 0 atom stereocenters. The number of hydrogen-bond donors (Lipinski definition) is 1. The van der Waals surface area contributed by atoms with E-state index in [0.29, 0.717) is 0 Å². The Morgan fingerprint density at radius 1 is 1.31 bits per heavy atom. The van der Waals surface area contributed by atoms with E-state index in [1.165, 1.54) is 6.92 Å². The van der Waals surface area contributed by atoms with E-state index < -0.39 is 17.5 Å². The Labute approximate surface area is 88.9 Å². The number of halogens is 4. The zero-order chi connectivity index (χ0) is 12.0. The van der Waals surface area contributed by atoms with E-state index in [1.54, 1.807) is 0 Å². The number of aryl methyl sites for hydroxylation is 1. The lowest BCUT2D eigenvalue weighted by Crippen LogP contribution is -2.39. The van der Waals surface area contributed by atoms with Gasteiger partial charge in [0.15, 0.2) is 11.6 Å². The quantitative estimate of drug-likeness (QED) is 0.800. The first kappa shape index (κ1) is 11.1. The molecule has 1 aromatic rings. The van der Waals surface area contributed by atoms with Gasteiger partial charge in [0.25, 0.3) is 0 Å². The van der Waals surface area contributed by atoms with Gasteiger partial charge in [0.2, 0.25) is 0 Å². The number of hydrogen-bond acceptors (Lipinski definition) is 3. The summed E-state index contributed by atoms with van der Waals surface area (Å²) in [4.78, 5) is 7.03. The Balaban J connectivity index is 2.25. The maximum Gasteiger partial charge on any atom is 0.411 e. The molecule has 7 heteroatoms. The summed E-state index contributed by atoms with van der Waals surface area (Å²) in [5, 5.41) is 2.13. The second-order valence-electron chi connectivity index (χ2n) is 3.83. The fourth-order valence-electron chi connectivity index (χ4n) is 1.38. The Kier molecular flexibility index (Phi) is 2.28. The molecule has 3 nitrogen and oxygen atoms in total. The molecule has 88 valence electrons. The molecule has 1 fully saturated rings. The largest absolute Gasteiger partial charge is 0.411 e. The van der Waals surface area contributed by atoms with Crippen LogP contribution in [0.1, 0.15) is 18.5 Å². The van der Waals surface area contributed by atoms with Crippen molar-refractivity contribution in [2.75, 3.05) is 5.32 Å². The van der Waals surface area contributed by atoms with Crippen LogP contribution in [0.4, 0.5) is 23.4 Å². The van der Waals surface area contributed by atoms with Crippen molar-refractivity contribution in [1.82, 2.24) is 9.97 Å². The Morgan fingerprint density at radius 2 is 1.94 bits per heavy atom. The predicted octanol–water partition coefficient (Wildman–Crippen LogP) is 2.43. The molecule has 1 aliphatic carbocycles. The van der Waals surface area contributed by atoms with Gasteiger partial charge in [0, 0.05) is 0 Å². The van der Waals surface area contributed by atoms with Crippen LogP contribution >= 0.6 is 0 Å². The van der Waals surface area contributed by atoms with Gasteiger partial charge >= 0.3 is 6.18 Å². The third-order valence-corrected chi connectivity index (χ3v) is 2.61. The molecule has 16 heavy (non-hydrogen) atoms. The molecule has 1 aliphatic rings. The highest BCUT2D eigenvalue weighted by molar-refractivity contribution is 5.43. The van der Waals surface area contributed by atoms with Crippen LogP contribution in [0.15, 0.2) is 6.33 Å². The maximum atomic E-state index is 13.4. The minimum absolute atomic E-state index is 0.0236. The Hall–Kier alpha value is -1.40. The lowest BCUT2D eigenvalue weighted by atomic mass is 10.2. The van der Waals surface area contributed by atoms with Crippen LogP contribution in [0, 0.1) is 12.7 Å². The van der Waals surface area contributed by atoms with Crippen LogP contribution in [0.5, 0.6) is 0 Å². The molecule has 0 spiro atoms. The monoisotopic (exact) mass is 235 g/mol. The molecule has 2 rings (SSSR count). The van der Waals surface area contributed by atoms with Gasteiger partial charge in [-0.15, -0.1) is 0 Å². The third-order valence-electron chi connectivity index (χ3n) is 2.61. The molecule has 0 aromatic carbocycles. The predicted molar refractivity (Wildman–Crippen MR) is 48.4 cm³/mol. The van der Waals surface area contributed by atoms with Crippen LogP contribution < -0.4 is 5.32 Å². The van der Waals surface area contributed by atoms with E-state index in [2.05, 4.69) is 15.3 Å². The minimum Gasteiger partial charge on any atom is -0.354 e. The summed E-state index contributed by atoms with van der Waals surface area (Å²) >= 11 is 0. The van der Waals surface area contributed by atoms with Crippen molar-refractivity contribution in [2.45, 2.75) is 31.5 Å². The summed E-state index contributed by atoms with van der Waals surface area (Å²) in [5.41, 5.74) is -1.98. The molecule has 0 saturated heterocycles. The van der Waals surface area contributed by atoms with E-state index in [9.17, 15) is 17.6 Å². The topological polar surface area (TPSA) is 37.8 Å². The number of aromatic nitrogens is 2. The molecule has 1 saturated carbocycles. The molecule has 0 amide bonds. The van der Waals surface area contributed by atoms with Crippen molar-refractivity contribution in [3.63, 3.8) is 0 Å². The SMILES string of the molecule is Cc1ncnc(NC2(C(F)(F)F)CC2)c1F. The number of nitrogens with one attached hydrogen (secondary N) is 1. The first-order chi connectivity index (χ1) is 7.36. The zero-order valence-corrected chi connectivity index (χ0v) is 8.40. The van der Waals surface area contributed by atoms with Gasteiger partial charge in [-0.2, -0.15) is 13.2 Å². The summed E-state index contributed by atoms with van der Waals surface area (Å²) in [7, 11) is 0. The fraction of sp³-hybridized carbons (Fsp3) is 0.556. The van der Waals surface area contributed by atoms with Crippen molar-refractivity contribution >= 4 is 5.82 Å². The maximum absolute atomic E-state index is 13.4. The normalized spacial score (nSPS) is 18.3. The zero-order valence-electron chi connectivity index (χ0n) is 8.40. The van der Waals surface area contributed by atoms with E-state index in [0.717, 1.165) is 6.33 Å². The average molecular weight is 235 g/mol. The number of alkyl halides is 3. The van der Waals surface area contributed by atoms with Gasteiger partial charge in [-0.25, -0.2) is 14.4 Å². The van der Waals surface area contributed by atoms with Gasteiger partial charge in [0.1, 0.15) is 11.9 Å². The number of nitrogens with zero attached hydrogens (tertiary/aromatic N) is 2. The average Bonchev–Trinajstić information content (AvgIpc) is 2.93. The molecule has 1 heterocycles. The lowest BCUT2D eigenvalue weighted by molar-refractivity contribution is -0.151. The summed E-state index contributed by atoms with van der Waals surface area (Å²) in [6.07, 6.45) is -3.47. The van der Waals surface area contributed by atoms with Crippen LogP contribution in [-0.2, 0) is 0 Å². The van der Waals surface area contributed by atoms with Crippen molar-refractivity contribution in [3.05, 3.63) is 17.8 Å². The highest BCUT2D eigenvalue weighted by Gasteiger charge is 2.64. The highest BCUT2D eigenvalue weighted by Crippen LogP contribution is 2.51. The van der Waals surface area contributed by atoms with Crippen LogP contribution in [0.25, 0.3) is 0 Å². The van der Waals surface area contributed by atoms with Crippen LogP contribution in [0.3, 0.4) is 0 Å². The van der Waals surface area contributed by atoms with Gasteiger partial charge < -0.3 is 5.32 Å². The van der Waals surface area contributed by atoms with Crippen molar-refractivity contribution in [2.24, 2.45) is 0 Å². The van der Waals surface area contributed by atoms with E-state index in [4.69, 9.17) is 0 Å². The second kappa shape index (κ2) is 3.29. The minimum atomic E-state index is -4.39. The molecule has 1 N–H and O–H groups in total. The van der Waals surface area contributed by atoms with Crippen LogP contribution in [-0.4, -0.2) is 21.7 Å². The summed E-state index contributed by atoms with van der Waals surface area (Å²) in [5.74, 6) is -1.22. The number of anilines is 1. The first-order valence-electron chi connectivity index (χ1n) is 4.68. The number of rotatable bonds is 2. The lowest BCUT2D eigenvalue weighted by Gasteiger charge is -2.21. The Morgan fingerprint density at radius 3 is 2.44 bits per heavy atom. The molecule has 1 aromatic heterocycles. The van der Waals surface area contributed by atoms with E-state index >= 15 is 0 Å². The smallest absolute Gasteiger partial charge is 0.354 e. The molecule has 0 radical (unpaired) electrons. The second-order valence-corrected chi connectivity index (χ2v) is 3.83. The highest BCUT2D eigenvalue weighted by atomic mass is 19.4. The van der Waals surface area contributed by atoms with Gasteiger partial charge in [0.05, 0.1) is 5.69 Å². The molecule has 0 aliphatic heterocycles. The van der Waals surface area contributed by atoms with E-state index in [-0.39, 0.29) is 24.4 Å². The Bertz CT molecular complexity index is 412. The summed E-state index contributed by atoms with van der Waals surface area (Å²) in [6, 6.07) is 0. The van der Waals surface area contributed by atoms with Gasteiger partial charge in [-0.05, 0) is 19.8 Å². The van der Waals surface area contributed by atoms with Gasteiger partial charge in [-0.1, -0.05) is 0 Å². The van der Waals surface area contributed by atoms with Crippen molar-refractivity contribution < 1.29 is 17.6 Å². The van der Waals surface area contributed by atoms with Crippen molar-refractivity contribution in [1.29, 1.82) is 0 Å². The fourth-order valence-corrected chi connectivity index (χ4v) is 1.38. The van der Waals surface area contributed by atoms with Gasteiger partial charge in [-0.3, -0.25) is 0 Å². The summed E-state index contributed by atoms with van der Waals surface area (Å²) < 4.78 is 51.1. The standard InChI is InChI=1S/C9H9F4N3/c1-5-6(10)7(15-4-14-5)16-8(2-3-8)9(11,12)13/h4H,2-3H2,1H3,(H,14,15,16).